The SMILES string of the molecule is CC(=O)O.CC(C)CCCCCNCCC=O. The molecule has 0 rings (SSSR count). The molecule has 17 heavy (non-hydrogen) atoms. The average molecular weight is 245 g/mol. The van der Waals surface area contributed by atoms with Crippen LogP contribution in [0.1, 0.15) is 52.9 Å². The van der Waals surface area contributed by atoms with E-state index in [4.69, 9.17) is 9.90 Å². The van der Waals surface area contributed by atoms with Gasteiger partial charge in [-0.15, -0.1) is 0 Å². The molecule has 0 aliphatic rings. The second-order valence-corrected chi connectivity index (χ2v) is 4.47. The van der Waals surface area contributed by atoms with E-state index in [1.807, 2.05) is 0 Å². The Balaban J connectivity index is 0. The first-order valence-corrected chi connectivity index (χ1v) is 6.34. The molecule has 0 spiro atoms. The van der Waals surface area contributed by atoms with Crippen LogP contribution in [0.5, 0.6) is 0 Å². The van der Waals surface area contributed by atoms with Crippen molar-refractivity contribution in [2.24, 2.45) is 5.92 Å². The summed E-state index contributed by atoms with van der Waals surface area (Å²) in [5.41, 5.74) is 0. The Bertz CT molecular complexity index is 178. The Kier molecular flexibility index (Phi) is 16.4. The first-order valence-electron chi connectivity index (χ1n) is 6.34. The minimum atomic E-state index is -0.833. The maximum absolute atomic E-state index is 9.97. The lowest BCUT2D eigenvalue weighted by Crippen LogP contribution is -2.16. The molecule has 0 unspecified atom stereocenters. The molecule has 0 radical (unpaired) electrons. The van der Waals surface area contributed by atoms with Crippen LogP contribution in [-0.4, -0.2) is 30.5 Å². The molecule has 0 aromatic carbocycles. The van der Waals surface area contributed by atoms with E-state index in [0.29, 0.717) is 6.42 Å². The number of carbonyl (C=O) groups excluding carboxylic acids is 1. The maximum Gasteiger partial charge on any atom is 0.300 e. The van der Waals surface area contributed by atoms with Gasteiger partial charge in [-0.2, -0.15) is 0 Å². The molecule has 102 valence electrons. The molecule has 0 aromatic heterocycles. The maximum atomic E-state index is 9.97. The number of carboxylic acid groups (broad SMARTS) is 1. The van der Waals surface area contributed by atoms with Crippen LogP contribution in [-0.2, 0) is 9.59 Å². The van der Waals surface area contributed by atoms with E-state index in [9.17, 15) is 4.79 Å². The number of hydrogen-bond acceptors (Lipinski definition) is 3. The van der Waals surface area contributed by atoms with Gasteiger partial charge in [0.05, 0.1) is 0 Å². The van der Waals surface area contributed by atoms with Gasteiger partial charge in [-0.25, -0.2) is 0 Å². The van der Waals surface area contributed by atoms with Gasteiger partial charge in [0.25, 0.3) is 5.97 Å². The second kappa shape index (κ2) is 15.1. The molecule has 0 amide bonds. The molecule has 4 nitrogen and oxygen atoms in total. The van der Waals surface area contributed by atoms with Gasteiger partial charge in [-0.05, 0) is 18.9 Å². The summed E-state index contributed by atoms with van der Waals surface area (Å²) >= 11 is 0. The summed E-state index contributed by atoms with van der Waals surface area (Å²) in [7, 11) is 0. The van der Waals surface area contributed by atoms with Crippen molar-refractivity contribution < 1.29 is 14.7 Å². The van der Waals surface area contributed by atoms with Crippen molar-refractivity contribution in [2.75, 3.05) is 13.1 Å². The molecular formula is C13H27NO3. The molecule has 0 aromatic rings. The molecular weight excluding hydrogens is 218 g/mol. The molecule has 2 N–H and O–H groups in total. The summed E-state index contributed by atoms with van der Waals surface area (Å²) in [6.07, 6.45) is 6.84. The smallest absolute Gasteiger partial charge is 0.300 e. The van der Waals surface area contributed by atoms with Gasteiger partial charge in [-0.1, -0.05) is 33.1 Å². The first kappa shape index (κ1) is 18.5. The number of hydrogen-bond donors (Lipinski definition) is 2. The molecule has 4 heteroatoms. The van der Waals surface area contributed by atoms with E-state index in [0.717, 1.165) is 32.2 Å². The van der Waals surface area contributed by atoms with Gasteiger partial charge in [0.15, 0.2) is 0 Å². The highest BCUT2D eigenvalue weighted by Gasteiger charge is 1.93. The number of aldehydes is 1. The lowest BCUT2D eigenvalue weighted by atomic mass is 10.1. The second-order valence-electron chi connectivity index (χ2n) is 4.47. The van der Waals surface area contributed by atoms with Gasteiger partial charge in [0.1, 0.15) is 6.29 Å². The van der Waals surface area contributed by atoms with Crippen molar-refractivity contribution in [2.45, 2.75) is 52.9 Å². The number of nitrogens with one attached hydrogen (secondary N) is 1. The number of aliphatic carboxylic acids is 1. The fourth-order valence-electron chi connectivity index (χ4n) is 1.27. The normalized spacial score (nSPS) is 9.65. The number of rotatable bonds is 9. The fourth-order valence-corrected chi connectivity index (χ4v) is 1.27. The topological polar surface area (TPSA) is 66.4 Å². The van der Waals surface area contributed by atoms with Crippen LogP contribution in [0.4, 0.5) is 0 Å². The average Bonchev–Trinajstić information content (AvgIpc) is 2.21. The summed E-state index contributed by atoms with van der Waals surface area (Å²) in [4.78, 5) is 19.0. The number of carboxylic acids is 1. The molecule has 0 aliphatic carbocycles. The highest BCUT2D eigenvalue weighted by molar-refractivity contribution is 5.62. The van der Waals surface area contributed by atoms with E-state index in [1.165, 1.54) is 25.7 Å². The van der Waals surface area contributed by atoms with Crippen molar-refractivity contribution in [3.8, 4) is 0 Å². The Morgan fingerprint density at radius 1 is 1.24 bits per heavy atom. The summed E-state index contributed by atoms with van der Waals surface area (Å²) in [6, 6.07) is 0. The number of carbonyl (C=O) groups is 2. The van der Waals surface area contributed by atoms with Gasteiger partial charge < -0.3 is 15.2 Å². The largest absolute Gasteiger partial charge is 0.481 e. The third-order valence-electron chi connectivity index (χ3n) is 2.07. The molecule has 0 saturated heterocycles. The predicted octanol–water partition coefficient (Wildman–Crippen LogP) is 2.47. The predicted molar refractivity (Wildman–Crippen MR) is 70.2 cm³/mol. The third-order valence-corrected chi connectivity index (χ3v) is 2.07. The van der Waals surface area contributed by atoms with E-state index in [2.05, 4.69) is 19.2 Å². The lowest BCUT2D eigenvalue weighted by molar-refractivity contribution is -0.134. The Labute approximate surface area is 105 Å². The van der Waals surface area contributed by atoms with Crippen LogP contribution in [0.3, 0.4) is 0 Å². The molecule has 0 atom stereocenters. The Hall–Kier alpha value is -0.900. The highest BCUT2D eigenvalue weighted by Crippen LogP contribution is 2.07. The van der Waals surface area contributed by atoms with Crippen LogP contribution in [0.15, 0.2) is 0 Å². The van der Waals surface area contributed by atoms with Crippen LogP contribution in [0.25, 0.3) is 0 Å². The third kappa shape index (κ3) is 31.3. The van der Waals surface area contributed by atoms with Crippen molar-refractivity contribution in [1.29, 1.82) is 0 Å². The summed E-state index contributed by atoms with van der Waals surface area (Å²) in [5.74, 6) is 0.00280. The van der Waals surface area contributed by atoms with Crippen LogP contribution < -0.4 is 5.32 Å². The van der Waals surface area contributed by atoms with Gasteiger partial charge in [0.2, 0.25) is 0 Å². The number of unbranched alkanes of at least 4 members (excludes halogenated alkanes) is 2. The van der Waals surface area contributed by atoms with Crippen LogP contribution >= 0.6 is 0 Å². The fraction of sp³-hybridized carbons (Fsp3) is 0.846. The van der Waals surface area contributed by atoms with Crippen LogP contribution in [0, 0.1) is 5.92 Å². The summed E-state index contributed by atoms with van der Waals surface area (Å²) in [5, 5.41) is 10.7. The lowest BCUT2D eigenvalue weighted by Gasteiger charge is -2.04. The molecule has 0 fully saturated rings. The molecule has 0 saturated carbocycles. The zero-order valence-corrected chi connectivity index (χ0v) is 11.4. The van der Waals surface area contributed by atoms with Gasteiger partial charge >= 0.3 is 0 Å². The monoisotopic (exact) mass is 245 g/mol. The van der Waals surface area contributed by atoms with E-state index < -0.39 is 5.97 Å². The Morgan fingerprint density at radius 3 is 2.29 bits per heavy atom. The van der Waals surface area contributed by atoms with Gasteiger partial charge in [0, 0.05) is 19.9 Å². The molecule has 0 heterocycles. The van der Waals surface area contributed by atoms with E-state index in [-0.39, 0.29) is 0 Å². The minimum Gasteiger partial charge on any atom is -0.481 e. The van der Waals surface area contributed by atoms with Crippen LogP contribution in [0.2, 0.25) is 0 Å². The molecule has 0 aliphatic heterocycles. The van der Waals surface area contributed by atoms with Crippen molar-refractivity contribution in [3.05, 3.63) is 0 Å². The Morgan fingerprint density at radius 2 is 1.82 bits per heavy atom. The van der Waals surface area contributed by atoms with Crippen molar-refractivity contribution >= 4 is 12.3 Å². The minimum absolute atomic E-state index is 0.645. The summed E-state index contributed by atoms with van der Waals surface area (Å²) < 4.78 is 0. The van der Waals surface area contributed by atoms with E-state index >= 15 is 0 Å². The van der Waals surface area contributed by atoms with Gasteiger partial charge in [-0.3, -0.25) is 4.79 Å². The standard InChI is InChI=1S/C11H23NO.C2H4O2/c1-11(2)7-4-3-5-8-12-9-6-10-13;1-2(3)4/h10-12H,3-9H2,1-2H3;1H3,(H,3,4). The zero-order valence-electron chi connectivity index (χ0n) is 11.4. The zero-order chi connectivity index (χ0) is 13.5. The highest BCUT2D eigenvalue weighted by atomic mass is 16.4. The van der Waals surface area contributed by atoms with E-state index in [1.54, 1.807) is 0 Å². The summed E-state index contributed by atoms with van der Waals surface area (Å²) in [6.45, 7) is 7.52. The van der Waals surface area contributed by atoms with Crippen molar-refractivity contribution in [1.82, 2.24) is 5.32 Å². The van der Waals surface area contributed by atoms with Crippen molar-refractivity contribution in [3.63, 3.8) is 0 Å². The quantitative estimate of drug-likeness (QED) is 0.484. The molecule has 0 bridgehead atoms. The first-order chi connectivity index (χ1) is 8.00.